The van der Waals surface area contributed by atoms with Crippen molar-refractivity contribution in [2.24, 2.45) is 5.92 Å². The molecule has 0 saturated heterocycles. The molecule has 0 bridgehead atoms. The Hall–Kier alpha value is -2.34. The Morgan fingerprint density at radius 2 is 1.88 bits per heavy atom. The first-order valence-corrected chi connectivity index (χ1v) is 8.40. The highest BCUT2D eigenvalue weighted by molar-refractivity contribution is 5.77. The van der Waals surface area contributed by atoms with Crippen LogP contribution in [0.15, 0.2) is 35.1 Å². The Labute approximate surface area is 146 Å². The van der Waals surface area contributed by atoms with Gasteiger partial charge in [0.1, 0.15) is 5.60 Å². The summed E-state index contributed by atoms with van der Waals surface area (Å²) in [5.74, 6) is -1.96. The SMILES string of the molecule is CC(C)(C)OC(=O)[C@@H]1[C@@H](c2ccccc2)c2c([nH][nH]c2=O)C[C@@]1(C)O. The van der Waals surface area contributed by atoms with E-state index in [-0.39, 0.29) is 12.0 Å². The van der Waals surface area contributed by atoms with Crippen molar-refractivity contribution in [3.8, 4) is 0 Å². The fourth-order valence-corrected chi connectivity index (χ4v) is 3.64. The van der Waals surface area contributed by atoms with Gasteiger partial charge in [-0.15, -0.1) is 0 Å². The smallest absolute Gasteiger partial charge is 0.313 e. The van der Waals surface area contributed by atoms with E-state index < -0.39 is 29.0 Å². The highest BCUT2D eigenvalue weighted by Crippen LogP contribution is 2.44. The number of carbonyl (C=O) groups excluding carboxylic acids is 1. The molecule has 0 saturated carbocycles. The van der Waals surface area contributed by atoms with E-state index in [1.165, 1.54) is 0 Å². The molecule has 1 heterocycles. The maximum atomic E-state index is 13.0. The molecule has 2 aromatic rings. The third kappa shape index (κ3) is 3.26. The largest absolute Gasteiger partial charge is 0.460 e. The van der Waals surface area contributed by atoms with Crippen LogP contribution in [0.3, 0.4) is 0 Å². The maximum Gasteiger partial charge on any atom is 0.313 e. The van der Waals surface area contributed by atoms with Crippen molar-refractivity contribution in [1.29, 1.82) is 0 Å². The lowest BCUT2D eigenvalue weighted by Gasteiger charge is -2.41. The van der Waals surface area contributed by atoms with Crippen LogP contribution in [-0.2, 0) is 16.0 Å². The fourth-order valence-electron chi connectivity index (χ4n) is 3.64. The molecule has 3 rings (SSSR count). The predicted molar refractivity (Wildman–Crippen MR) is 93.4 cm³/mol. The molecule has 0 amide bonds. The van der Waals surface area contributed by atoms with Gasteiger partial charge < -0.3 is 14.9 Å². The van der Waals surface area contributed by atoms with E-state index in [0.29, 0.717) is 11.3 Å². The molecular weight excluding hydrogens is 320 g/mol. The minimum absolute atomic E-state index is 0.175. The second kappa shape index (κ2) is 5.88. The number of nitrogens with one attached hydrogen (secondary N) is 2. The zero-order valence-corrected chi connectivity index (χ0v) is 14.9. The van der Waals surface area contributed by atoms with Gasteiger partial charge in [0.25, 0.3) is 5.56 Å². The van der Waals surface area contributed by atoms with Crippen LogP contribution in [0.2, 0.25) is 0 Å². The van der Waals surface area contributed by atoms with E-state index in [4.69, 9.17) is 4.74 Å². The zero-order valence-electron chi connectivity index (χ0n) is 14.9. The first kappa shape index (κ1) is 17.5. The summed E-state index contributed by atoms with van der Waals surface area (Å²) in [6.45, 7) is 6.98. The van der Waals surface area contributed by atoms with Crippen LogP contribution >= 0.6 is 0 Å². The van der Waals surface area contributed by atoms with Gasteiger partial charge in [-0.25, -0.2) is 0 Å². The number of carbonyl (C=O) groups is 1. The number of H-pyrrole nitrogens is 2. The number of aromatic amines is 2. The number of hydrogen-bond donors (Lipinski definition) is 3. The molecule has 3 atom stereocenters. The molecular formula is C19H24N2O4. The summed E-state index contributed by atoms with van der Waals surface area (Å²) in [5.41, 5.74) is -0.380. The van der Waals surface area contributed by atoms with E-state index in [2.05, 4.69) is 10.2 Å². The van der Waals surface area contributed by atoms with Crippen molar-refractivity contribution in [3.63, 3.8) is 0 Å². The summed E-state index contributed by atoms with van der Waals surface area (Å²) in [6.07, 6.45) is 0.175. The van der Waals surface area contributed by atoms with Crippen molar-refractivity contribution in [3.05, 3.63) is 57.5 Å². The predicted octanol–water partition coefficient (Wildman–Crippen LogP) is 2.10. The van der Waals surface area contributed by atoms with Crippen LogP contribution in [0.25, 0.3) is 0 Å². The Morgan fingerprint density at radius 3 is 2.48 bits per heavy atom. The highest BCUT2D eigenvalue weighted by Gasteiger charge is 2.51. The van der Waals surface area contributed by atoms with Crippen LogP contribution in [-0.4, -0.2) is 32.5 Å². The Bertz CT molecular complexity index is 827. The van der Waals surface area contributed by atoms with Gasteiger partial charge >= 0.3 is 5.97 Å². The molecule has 6 heteroatoms. The monoisotopic (exact) mass is 344 g/mol. The summed E-state index contributed by atoms with van der Waals surface area (Å²) in [5, 5.41) is 16.5. The van der Waals surface area contributed by atoms with Gasteiger partial charge in [-0.2, -0.15) is 0 Å². The number of benzene rings is 1. The van der Waals surface area contributed by atoms with Gasteiger partial charge in [0.2, 0.25) is 0 Å². The number of fused-ring (bicyclic) bond motifs is 1. The summed E-state index contributed by atoms with van der Waals surface area (Å²) >= 11 is 0. The summed E-state index contributed by atoms with van der Waals surface area (Å²) in [7, 11) is 0. The summed E-state index contributed by atoms with van der Waals surface area (Å²) in [4.78, 5) is 25.3. The molecule has 3 N–H and O–H groups in total. The molecule has 1 aliphatic rings. The van der Waals surface area contributed by atoms with Gasteiger partial charge in [0.05, 0.1) is 11.5 Å². The topological polar surface area (TPSA) is 95.2 Å². The van der Waals surface area contributed by atoms with Gasteiger partial charge in [-0.3, -0.25) is 14.7 Å². The molecule has 1 aliphatic carbocycles. The van der Waals surface area contributed by atoms with Crippen molar-refractivity contribution >= 4 is 5.97 Å². The van der Waals surface area contributed by atoms with E-state index in [0.717, 1.165) is 5.56 Å². The first-order chi connectivity index (χ1) is 11.6. The molecule has 0 fully saturated rings. The lowest BCUT2D eigenvalue weighted by atomic mass is 9.66. The van der Waals surface area contributed by atoms with Gasteiger partial charge in [-0.1, -0.05) is 30.3 Å². The van der Waals surface area contributed by atoms with Crippen LogP contribution in [0, 0.1) is 5.92 Å². The van der Waals surface area contributed by atoms with Gasteiger partial charge in [-0.05, 0) is 33.3 Å². The Kier molecular flexibility index (Phi) is 4.11. The quantitative estimate of drug-likeness (QED) is 0.727. The molecule has 6 nitrogen and oxygen atoms in total. The molecule has 1 aromatic carbocycles. The van der Waals surface area contributed by atoms with Gasteiger partial charge in [0, 0.05) is 23.6 Å². The van der Waals surface area contributed by atoms with Crippen LogP contribution in [0.1, 0.15) is 50.4 Å². The van der Waals surface area contributed by atoms with Crippen LogP contribution in [0.5, 0.6) is 0 Å². The number of ether oxygens (including phenoxy) is 1. The summed E-state index contributed by atoms with van der Waals surface area (Å²) < 4.78 is 5.57. The number of hydrogen-bond acceptors (Lipinski definition) is 4. The maximum absolute atomic E-state index is 13.0. The molecule has 25 heavy (non-hydrogen) atoms. The molecule has 0 radical (unpaired) electrons. The fraction of sp³-hybridized carbons (Fsp3) is 0.474. The van der Waals surface area contributed by atoms with E-state index in [1.54, 1.807) is 27.7 Å². The molecule has 134 valence electrons. The first-order valence-electron chi connectivity index (χ1n) is 8.40. The van der Waals surface area contributed by atoms with E-state index >= 15 is 0 Å². The molecule has 0 spiro atoms. The van der Waals surface area contributed by atoms with Crippen LogP contribution < -0.4 is 5.56 Å². The highest BCUT2D eigenvalue weighted by atomic mass is 16.6. The van der Waals surface area contributed by atoms with Crippen molar-refractivity contribution in [2.45, 2.75) is 51.2 Å². The van der Waals surface area contributed by atoms with E-state index in [1.807, 2.05) is 30.3 Å². The zero-order chi connectivity index (χ0) is 18.4. The second-order valence-electron chi connectivity index (χ2n) is 7.90. The second-order valence-corrected chi connectivity index (χ2v) is 7.90. The number of rotatable bonds is 2. The third-order valence-corrected chi connectivity index (χ3v) is 4.57. The minimum atomic E-state index is -1.35. The number of aliphatic hydroxyl groups is 1. The van der Waals surface area contributed by atoms with Crippen molar-refractivity contribution < 1.29 is 14.6 Å². The van der Waals surface area contributed by atoms with Gasteiger partial charge in [0.15, 0.2) is 0 Å². The molecule has 1 aromatic heterocycles. The number of esters is 1. The third-order valence-electron chi connectivity index (χ3n) is 4.57. The summed E-state index contributed by atoms with van der Waals surface area (Å²) in [6, 6.07) is 9.30. The molecule has 0 unspecified atom stereocenters. The van der Waals surface area contributed by atoms with Crippen LogP contribution in [0.4, 0.5) is 0 Å². The average Bonchev–Trinajstić information content (AvgIpc) is 2.84. The number of aromatic nitrogens is 2. The standard InChI is InChI=1S/C19H24N2O4/c1-18(2,3)25-17(23)15-13(11-8-6-5-7-9-11)14-12(10-19(15,4)24)20-21-16(14)22/h5-9,13,15,24H,10H2,1-4H3,(H2,20,21,22)/t13-,15-,19+/m0/s1. The Balaban J connectivity index is 2.17. The van der Waals surface area contributed by atoms with Crippen molar-refractivity contribution in [2.75, 3.05) is 0 Å². The Morgan fingerprint density at radius 1 is 1.24 bits per heavy atom. The van der Waals surface area contributed by atoms with E-state index in [9.17, 15) is 14.7 Å². The molecule has 0 aliphatic heterocycles. The van der Waals surface area contributed by atoms with Crippen molar-refractivity contribution in [1.82, 2.24) is 10.2 Å². The lowest BCUT2D eigenvalue weighted by molar-refractivity contribution is -0.171. The normalized spacial score (nSPS) is 26.1. The lowest BCUT2D eigenvalue weighted by Crippen LogP contribution is -2.51. The minimum Gasteiger partial charge on any atom is -0.460 e. The average molecular weight is 344 g/mol.